The predicted molar refractivity (Wildman–Crippen MR) is 135 cm³/mol. The van der Waals surface area contributed by atoms with Gasteiger partial charge < -0.3 is 20.1 Å². The number of thiazole rings is 1. The number of rotatable bonds is 5. The normalized spacial score (nSPS) is 23.2. The molecule has 1 aliphatic heterocycles. The van der Waals surface area contributed by atoms with Crippen molar-refractivity contribution in [2.45, 2.75) is 44.3 Å². The molecule has 5 atom stereocenters. The van der Waals surface area contributed by atoms with Gasteiger partial charge >= 0.3 is 0 Å². The Bertz CT molecular complexity index is 1700. The maximum atomic E-state index is 13.8. The molecule has 15 heteroatoms. The molecule has 0 unspecified atom stereocenters. The number of halogens is 3. The van der Waals surface area contributed by atoms with Crippen molar-refractivity contribution in [1.29, 1.82) is 0 Å². The van der Waals surface area contributed by atoms with Crippen molar-refractivity contribution in [3.8, 4) is 16.9 Å². The highest BCUT2D eigenvalue weighted by Crippen LogP contribution is 2.39. The standard InChI is InChI=1S/C25H22F3N7O4S/c1-10-3-15-19(40-11(2)31-15)6-17(10)35-25(29-9-30-35)24-23(38)21(22(37)18(8-36)39-24)34-7-16(32-33-34)12-4-13(26)20(28)14(27)5-12/h3-7,9,18,21-24,36-38H,8H2,1-2H3/t18-,21+,22+,23-,24-/m1/s1. The van der Waals surface area contributed by atoms with Gasteiger partial charge in [-0.05, 0) is 43.7 Å². The van der Waals surface area contributed by atoms with Crippen molar-refractivity contribution in [1.82, 2.24) is 34.7 Å². The van der Waals surface area contributed by atoms with Gasteiger partial charge in [-0.1, -0.05) is 5.21 Å². The van der Waals surface area contributed by atoms with Gasteiger partial charge in [-0.2, -0.15) is 5.10 Å². The van der Waals surface area contributed by atoms with Gasteiger partial charge in [0.25, 0.3) is 0 Å². The molecule has 208 valence electrons. The first-order valence-corrected chi connectivity index (χ1v) is 12.9. The minimum absolute atomic E-state index is 0.0345. The van der Waals surface area contributed by atoms with Gasteiger partial charge in [-0.25, -0.2) is 32.5 Å². The van der Waals surface area contributed by atoms with E-state index in [-0.39, 0.29) is 17.1 Å². The molecule has 40 heavy (non-hydrogen) atoms. The van der Waals surface area contributed by atoms with Crippen molar-refractivity contribution in [3.63, 3.8) is 0 Å². The molecule has 4 heterocycles. The van der Waals surface area contributed by atoms with E-state index >= 15 is 0 Å². The average molecular weight is 574 g/mol. The third kappa shape index (κ3) is 4.35. The van der Waals surface area contributed by atoms with Gasteiger partial charge in [-0.3, -0.25) is 0 Å². The number of hydrogen-bond acceptors (Lipinski definition) is 10. The van der Waals surface area contributed by atoms with Crippen LogP contribution >= 0.6 is 11.3 Å². The Balaban J connectivity index is 1.38. The molecular weight excluding hydrogens is 551 g/mol. The van der Waals surface area contributed by atoms with E-state index in [9.17, 15) is 28.5 Å². The van der Waals surface area contributed by atoms with Crippen molar-refractivity contribution in [3.05, 3.63) is 70.6 Å². The van der Waals surface area contributed by atoms with Crippen LogP contribution in [0.2, 0.25) is 0 Å². The Kier molecular flexibility index (Phi) is 6.62. The van der Waals surface area contributed by atoms with E-state index < -0.39 is 54.5 Å². The fraction of sp³-hybridized carbons (Fsp3) is 0.320. The van der Waals surface area contributed by atoms with E-state index in [1.165, 1.54) is 28.5 Å². The summed E-state index contributed by atoms with van der Waals surface area (Å²) in [6.45, 7) is 3.19. The fourth-order valence-electron chi connectivity index (χ4n) is 4.93. The number of aryl methyl sites for hydroxylation is 2. The molecule has 1 fully saturated rings. The summed E-state index contributed by atoms with van der Waals surface area (Å²) in [5.41, 5.74) is 2.22. The van der Waals surface area contributed by atoms with Crippen LogP contribution in [0.25, 0.3) is 27.2 Å². The maximum Gasteiger partial charge on any atom is 0.194 e. The lowest BCUT2D eigenvalue weighted by Crippen LogP contribution is -2.53. The number of hydrogen-bond donors (Lipinski definition) is 3. The Morgan fingerprint density at radius 3 is 2.52 bits per heavy atom. The summed E-state index contributed by atoms with van der Waals surface area (Å²) in [4.78, 5) is 8.83. The number of fused-ring (bicyclic) bond motifs is 1. The highest BCUT2D eigenvalue weighted by molar-refractivity contribution is 7.18. The van der Waals surface area contributed by atoms with Crippen LogP contribution in [0.3, 0.4) is 0 Å². The lowest BCUT2D eigenvalue weighted by Gasteiger charge is -2.41. The number of aliphatic hydroxyl groups is 3. The lowest BCUT2D eigenvalue weighted by molar-refractivity contribution is -0.210. The van der Waals surface area contributed by atoms with Gasteiger partial charge in [0.05, 0.1) is 33.7 Å². The van der Waals surface area contributed by atoms with Crippen LogP contribution in [0.4, 0.5) is 13.2 Å². The molecule has 0 amide bonds. The van der Waals surface area contributed by atoms with E-state index in [1.807, 2.05) is 26.0 Å². The average Bonchev–Trinajstić information content (AvgIpc) is 3.66. The molecular formula is C25H22F3N7O4S. The molecule has 11 nitrogen and oxygen atoms in total. The van der Waals surface area contributed by atoms with Crippen LogP contribution in [0.5, 0.6) is 0 Å². The highest BCUT2D eigenvalue weighted by Gasteiger charge is 2.48. The van der Waals surface area contributed by atoms with Gasteiger partial charge in [-0.15, -0.1) is 16.4 Å². The van der Waals surface area contributed by atoms with Crippen LogP contribution < -0.4 is 0 Å². The molecule has 0 radical (unpaired) electrons. The van der Waals surface area contributed by atoms with E-state index in [0.717, 1.165) is 37.6 Å². The SMILES string of the molecule is Cc1nc2cc(C)c(-n3ncnc3[C@@H]3O[C@H](CO)[C@H](O)[C@H](n4cc(-c5cc(F)c(F)c(F)c5)nn4)[C@H]3O)cc2s1. The van der Waals surface area contributed by atoms with E-state index in [0.29, 0.717) is 5.69 Å². The summed E-state index contributed by atoms with van der Waals surface area (Å²) in [6, 6.07) is 4.12. The van der Waals surface area contributed by atoms with Crippen molar-refractivity contribution in [2.24, 2.45) is 0 Å². The largest absolute Gasteiger partial charge is 0.394 e. The molecule has 0 spiro atoms. The molecule has 2 aromatic carbocycles. The number of aliphatic hydroxyl groups excluding tert-OH is 3. The minimum Gasteiger partial charge on any atom is -0.394 e. The summed E-state index contributed by atoms with van der Waals surface area (Å²) >= 11 is 1.51. The molecule has 0 saturated carbocycles. The highest BCUT2D eigenvalue weighted by atomic mass is 32.1. The molecule has 0 aliphatic carbocycles. The van der Waals surface area contributed by atoms with Crippen LogP contribution in [0.1, 0.15) is 28.5 Å². The molecule has 1 saturated heterocycles. The zero-order valence-electron chi connectivity index (χ0n) is 21.0. The summed E-state index contributed by atoms with van der Waals surface area (Å²) in [5, 5.41) is 45.4. The van der Waals surface area contributed by atoms with Gasteiger partial charge in [0.1, 0.15) is 42.5 Å². The van der Waals surface area contributed by atoms with Gasteiger partial charge in [0.15, 0.2) is 23.3 Å². The summed E-state index contributed by atoms with van der Waals surface area (Å²) in [6.07, 6.45) is -2.74. The van der Waals surface area contributed by atoms with Gasteiger partial charge in [0, 0.05) is 5.56 Å². The third-order valence-electron chi connectivity index (χ3n) is 6.86. The zero-order chi connectivity index (χ0) is 28.3. The van der Waals surface area contributed by atoms with Crippen LogP contribution in [0, 0.1) is 31.3 Å². The summed E-state index contributed by atoms with van der Waals surface area (Å²) < 4.78 is 50.5. The first-order chi connectivity index (χ1) is 19.2. The van der Waals surface area contributed by atoms with Gasteiger partial charge in [0.2, 0.25) is 0 Å². The number of aromatic nitrogens is 7. The van der Waals surface area contributed by atoms with E-state index in [2.05, 4.69) is 25.4 Å². The van der Waals surface area contributed by atoms with E-state index in [1.54, 1.807) is 0 Å². The Labute approximate surface area is 228 Å². The minimum atomic E-state index is -1.62. The molecule has 1 aliphatic rings. The van der Waals surface area contributed by atoms with Crippen molar-refractivity contribution in [2.75, 3.05) is 6.61 Å². The lowest BCUT2D eigenvalue weighted by atomic mass is 9.92. The number of benzene rings is 2. The fourth-order valence-corrected chi connectivity index (χ4v) is 5.77. The first-order valence-electron chi connectivity index (χ1n) is 12.1. The monoisotopic (exact) mass is 573 g/mol. The number of ether oxygens (including phenoxy) is 1. The van der Waals surface area contributed by atoms with Crippen LogP contribution in [0.15, 0.2) is 36.8 Å². The molecule has 3 aromatic heterocycles. The zero-order valence-corrected chi connectivity index (χ0v) is 21.8. The smallest absolute Gasteiger partial charge is 0.194 e. The molecule has 5 aromatic rings. The molecule has 3 N–H and O–H groups in total. The second-order valence-electron chi connectivity index (χ2n) is 9.46. The van der Waals surface area contributed by atoms with Crippen molar-refractivity contribution >= 4 is 21.6 Å². The second kappa shape index (κ2) is 10.0. The van der Waals surface area contributed by atoms with Crippen LogP contribution in [-0.2, 0) is 4.74 Å². The Morgan fingerprint density at radius 1 is 1.05 bits per heavy atom. The third-order valence-corrected chi connectivity index (χ3v) is 7.79. The van der Waals surface area contributed by atoms with E-state index in [4.69, 9.17) is 4.74 Å². The quantitative estimate of drug-likeness (QED) is 0.270. The first kappa shape index (κ1) is 26.5. The number of nitrogens with zero attached hydrogens (tertiary/aromatic N) is 7. The summed E-state index contributed by atoms with van der Waals surface area (Å²) in [5.74, 6) is -4.23. The summed E-state index contributed by atoms with van der Waals surface area (Å²) in [7, 11) is 0. The molecule has 0 bridgehead atoms. The molecule has 6 rings (SSSR count). The predicted octanol–water partition coefficient (Wildman–Crippen LogP) is 2.56. The second-order valence-corrected chi connectivity index (χ2v) is 10.7. The Morgan fingerprint density at radius 2 is 1.80 bits per heavy atom. The van der Waals surface area contributed by atoms with Crippen LogP contribution in [-0.4, -0.2) is 75.0 Å². The van der Waals surface area contributed by atoms with Crippen molar-refractivity contribution < 1.29 is 33.2 Å². The maximum absolute atomic E-state index is 13.8. The topological polar surface area (TPSA) is 144 Å². The Hall–Kier alpha value is -3.76.